The second-order valence-electron chi connectivity index (χ2n) is 8.78. The number of imidazole rings is 2. The average molecular weight is 530 g/mol. The van der Waals surface area contributed by atoms with Crippen LogP contribution < -0.4 is 5.69 Å². The minimum Gasteiger partial charge on any atom is -0.377 e. The number of benzene rings is 2. The molecule has 3 heterocycles. The van der Waals surface area contributed by atoms with Gasteiger partial charge in [-0.3, -0.25) is 9.13 Å². The maximum Gasteiger partial charge on any atom is 0.330 e. The first kappa shape index (κ1) is 29.8. The van der Waals surface area contributed by atoms with Crippen LogP contribution in [0.4, 0.5) is 0 Å². The highest BCUT2D eigenvalue weighted by Gasteiger charge is 2.17. The predicted octanol–water partition coefficient (Wildman–Crippen LogP) is 7.06. The van der Waals surface area contributed by atoms with Crippen LogP contribution in [0.3, 0.4) is 0 Å². The summed E-state index contributed by atoms with van der Waals surface area (Å²) in [4.78, 5) is 22.7. The first-order chi connectivity index (χ1) is 19.3. The van der Waals surface area contributed by atoms with Gasteiger partial charge in [0.05, 0.1) is 29.7 Å². The molecule has 7 nitrogen and oxygen atoms in total. The summed E-state index contributed by atoms with van der Waals surface area (Å²) < 4.78 is 11.7. The summed E-state index contributed by atoms with van der Waals surface area (Å²) in [6, 6.07) is 22.3. The summed E-state index contributed by atoms with van der Waals surface area (Å²) in [6.45, 7) is 13.3. The lowest BCUT2D eigenvalue weighted by Crippen LogP contribution is -2.26. The third kappa shape index (κ3) is 7.24. The van der Waals surface area contributed by atoms with E-state index >= 15 is 0 Å². The van der Waals surface area contributed by atoms with Crippen molar-refractivity contribution in [3.63, 3.8) is 0 Å². The Hall–Kier alpha value is -3.71. The molecule has 0 fully saturated rings. The fraction of sp³-hybridized carbons (Fsp3) is 0.406. The van der Waals surface area contributed by atoms with Crippen molar-refractivity contribution in [3.05, 3.63) is 94.8 Å². The number of hydrogen-bond acceptors (Lipinski definition) is 4. The molecule has 0 amide bonds. The number of unbranched alkanes of at least 4 members (excludes halogenated alkanes) is 1. The minimum atomic E-state index is -0.0338. The molecule has 0 aliphatic carbocycles. The van der Waals surface area contributed by atoms with Crippen molar-refractivity contribution in [1.82, 2.24) is 23.7 Å². The van der Waals surface area contributed by atoms with E-state index in [4.69, 9.17) is 9.72 Å². The van der Waals surface area contributed by atoms with Crippen molar-refractivity contribution in [2.24, 2.45) is 0 Å². The number of aryl methyl sites for hydroxylation is 2. The molecule has 5 rings (SSSR count). The second-order valence-corrected chi connectivity index (χ2v) is 8.78. The van der Waals surface area contributed by atoms with E-state index in [0.717, 1.165) is 48.2 Å². The fourth-order valence-electron chi connectivity index (χ4n) is 4.60. The Bertz CT molecular complexity index is 1470. The lowest BCUT2D eigenvalue weighted by Gasteiger charge is -2.10. The Balaban J connectivity index is 0.00000100. The maximum atomic E-state index is 13.3. The Morgan fingerprint density at radius 2 is 1.49 bits per heavy atom. The van der Waals surface area contributed by atoms with E-state index in [0.29, 0.717) is 32.0 Å². The van der Waals surface area contributed by atoms with Gasteiger partial charge in [-0.25, -0.2) is 14.8 Å². The molecule has 0 unspecified atom stereocenters. The number of nitrogens with zero attached hydrogens (tertiary/aromatic N) is 5. The van der Waals surface area contributed by atoms with Crippen molar-refractivity contribution in [2.45, 2.75) is 80.1 Å². The van der Waals surface area contributed by atoms with Gasteiger partial charge in [-0.05, 0) is 49.1 Å². The summed E-state index contributed by atoms with van der Waals surface area (Å²) in [6.07, 6.45) is 4.55. The van der Waals surface area contributed by atoms with Gasteiger partial charge in [0, 0.05) is 25.9 Å². The lowest BCUT2D eigenvalue weighted by atomic mass is 10.2. The van der Waals surface area contributed by atoms with E-state index in [1.807, 2.05) is 80.8 Å². The Labute approximate surface area is 232 Å². The number of fused-ring (bicyclic) bond motifs is 2. The fourth-order valence-corrected chi connectivity index (χ4v) is 4.60. The molecule has 0 aliphatic heterocycles. The van der Waals surface area contributed by atoms with Crippen LogP contribution in [-0.2, 0) is 31.0 Å². The molecule has 3 aromatic heterocycles. The molecule has 39 heavy (non-hydrogen) atoms. The van der Waals surface area contributed by atoms with Crippen LogP contribution in [0.15, 0.2) is 77.7 Å². The van der Waals surface area contributed by atoms with Gasteiger partial charge in [0.1, 0.15) is 5.82 Å². The largest absolute Gasteiger partial charge is 0.377 e. The second kappa shape index (κ2) is 15.6. The van der Waals surface area contributed by atoms with Crippen LogP contribution in [0.25, 0.3) is 22.2 Å². The quantitative estimate of drug-likeness (QED) is 0.172. The first-order valence-corrected chi connectivity index (χ1v) is 14.4. The van der Waals surface area contributed by atoms with Gasteiger partial charge in [-0.1, -0.05) is 77.1 Å². The monoisotopic (exact) mass is 529 g/mol. The zero-order valence-electron chi connectivity index (χ0n) is 24.1. The molecule has 5 aromatic rings. The van der Waals surface area contributed by atoms with Crippen molar-refractivity contribution < 1.29 is 4.74 Å². The van der Waals surface area contributed by atoms with Crippen LogP contribution in [0, 0.1) is 0 Å². The van der Waals surface area contributed by atoms with Gasteiger partial charge in [0.15, 0.2) is 5.65 Å². The van der Waals surface area contributed by atoms with Crippen LogP contribution >= 0.6 is 0 Å². The zero-order chi connectivity index (χ0) is 28.0. The SMILES string of the molecule is CC.CC.CCCn1c(=O)n(Cc2nc3ccccc3n2CCCCOCc2ccccc2)c2ncccc21. The summed E-state index contributed by atoms with van der Waals surface area (Å²) in [5.74, 6) is 0.875. The standard InChI is InChI=1S/C28H31N5O2.2C2H6/c1-2-17-32-25-15-10-16-29-27(25)33(28(32)34)20-26-30-23-13-6-7-14-24(23)31(26)18-8-9-19-35-21-22-11-4-3-5-12-22;2*1-2/h3-7,10-16H,2,8-9,17-21H2,1H3;2*1-2H3. The molecular formula is C32H43N5O2. The highest BCUT2D eigenvalue weighted by molar-refractivity contribution is 5.76. The van der Waals surface area contributed by atoms with Crippen molar-refractivity contribution in [2.75, 3.05) is 6.61 Å². The van der Waals surface area contributed by atoms with Crippen molar-refractivity contribution in [1.29, 1.82) is 0 Å². The summed E-state index contributed by atoms with van der Waals surface area (Å²) in [5, 5.41) is 0. The third-order valence-electron chi connectivity index (χ3n) is 6.29. The van der Waals surface area contributed by atoms with E-state index in [1.54, 1.807) is 10.8 Å². The van der Waals surface area contributed by atoms with Gasteiger partial charge in [-0.15, -0.1) is 0 Å². The van der Waals surface area contributed by atoms with Crippen LogP contribution in [-0.4, -0.2) is 30.3 Å². The van der Waals surface area contributed by atoms with Gasteiger partial charge < -0.3 is 9.30 Å². The number of para-hydroxylation sites is 2. The molecule has 2 aromatic carbocycles. The molecule has 7 heteroatoms. The van der Waals surface area contributed by atoms with Crippen LogP contribution in [0.1, 0.15) is 65.3 Å². The van der Waals surface area contributed by atoms with Crippen molar-refractivity contribution >= 4 is 22.2 Å². The number of aromatic nitrogens is 5. The minimum absolute atomic E-state index is 0.0338. The lowest BCUT2D eigenvalue weighted by molar-refractivity contribution is 0.116. The van der Waals surface area contributed by atoms with Gasteiger partial charge in [0.2, 0.25) is 0 Å². The van der Waals surface area contributed by atoms with E-state index in [1.165, 1.54) is 5.56 Å². The molecule has 0 spiro atoms. The van der Waals surface area contributed by atoms with E-state index in [-0.39, 0.29) is 5.69 Å². The first-order valence-electron chi connectivity index (χ1n) is 14.4. The number of ether oxygens (including phenoxy) is 1. The van der Waals surface area contributed by atoms with Crippen LogP contribution in [0.2, 0.25) is 0 Å². The topological polar surface area (TPSA) is 66.9 Å². The summed E-state index contributed by atoms with van der Waals surface area (Å²) in [7, 11) is 0. The number of pyridine rings is 1. The normalized spacial score (nSPS) is 10.7. The van der Waals surface area contributed by atoms with Gasteiger partial charge in [0.25, 0.3) is 0 Å². The molecule has 0 bridgehead atoms. The molecule has 0 saturated heterocycles. The molecule has 0 aliphatic rings. The van der Waals surface area contributed by atoms with E-state index in [2.05, 4.69) is 34.7 Å². The molecule has 0 atom stereocenters. The van der Waals surface area contributed by atoms with E-state index in [9.17, 15) is 4.79 Å². The molecule has 208 valence electrons. The number of rotatable bonds is 11. The Morgan fingerprint density at radius 3 is 2.26 bits per heavy atom. The molecular weight excluding hydrogens is 486 g/mol. The van der Waals surface area contributed by atoms with Gasteiger partial charge in [-0.2, -0.15) is 0 Å². The molecule has 0 saturated carbocycles. The summed E-state index contributed by atoms with van der Waals surface area (Å²) in [5.41, 5.74) is 4.77. The third-order valence-corrected chi connectivity index (χ3v) is 6.29. The van der Waals surface area contributed by atoms with Gasteiger partial charge >= 0.3 is 5.69 Å². The highest BCUT2D eigenvalue weighted by Crippen LogP contribution is 2.19. The maximum absolute atomic E-state index is 13.3. The molecule has 0 radical (unpaired) electrons. The number of hydrogen-bond donors (Lipinski definition) is 0. The Morgan fingerprint density at radius 1 is 0.769 bits per heavy atom. The predicted molar refractivity (Wildman–Crippen MR) is 161 cm³/mol. The zero-order valence-corrected chi connectivity index (χ0v) is 24.1. The Kier molecular flexibility index (Phi) is 12.0. The molecule has 0 N–H and O–H groups in total. The average Bonchev–Trinajstić information content (AvgIpc) is 3.48. The van der Waals surface area contributed by atoms with E-state index < -0.39 is 0 Å². The summed E-state index contributed by atoms with van der Waals surface area (Å²) >= 11 is 0. The van der Waals surface area contributed by atoms with Crippen molar-refractivity contribution in [3.8, 4) is 0 Å². The highest BCUT2D eigenvalue weighted by atomic mass is 16.5. The van der Waals surface area contributed by atoms with Crippen LogP contribution in [0.5, 0.6) is 0 Å². The smallest absolute Gasteiger partial charge is 0.330 e.